The average molecular weight is 516 g/mol. The maximum absolute atomic E-state index is 13.9. The SMILES string of the molecule is Cc1ccc(F)cc1[C@H]1NC(=O)CC[C@]12C(=O)Nc1cc(Br)ccc12.Clc1ccccc1. The first-order valence-corrected chi connectivity index (χ1v) is 11.4. The molecule has 5 rings (SSSR count). The van der Waals surface area contributed by atoms with E-state index in [1.54, 1.807) is 6.07 Å². The molecule has 0 bridgehead atoms. The van der Waals surface area contributed by atoms with Crippen molar-refractivity contribution < 1.29 is 14.0 Å². The standard InChI is InChI=1S/C19H16BrFN2O2.C6H5Cl/c1-10-2-4-12(21)9-13(10)17-19(7-6-16(24)23-17)14-5-3-11(20)8-15(14)22-18(19)25;7-6-4-2-1-3-5-6/h2-5,8-9,17H,6-7H2,1H3,(H,22,25)(H,23,24);1-5H/t17-,19-;/m1./s1. The van der Waals surface area contributed by atoms with Crippen molar-refractivity contribution in [1.82, 2.24) is 5.32 Å². The molecule has 0 saturated carbocycles. The van der Waals surface area contributed by atoms with Crippen molar-refractivity contribution in [3.63, 3.8) is 0 Å². The molecule has 0 aliphatic carbocycles. The Hall–Kier alpha value is -2.70. The largest absolute Gasteiger partial charge is 0.348 e. The van der Waals surface area contributed by atoms with E-state index >= 15 is 0 Å². The van der Waals surface area contributed by atoms with Crippen LogP contribution in [0.2, 0.25) is 5.02 Å². The number of hydrogen-bond acceptors (Lipinski definition) is 2. The highest BCUT2D eigenvalue weighted by molar-refractivity contribution is 9.10. The van der Waals surface area contributed by atoms with Crippen LogP contribution in [0.15, 0.2) is 71.2 Å². The Morgan fingerprint density at radius 1 is 1.06 bits per heavy atom. The molecule has 164 valence electrons. The lowest BCUT2D eigenvalue weighted by molar-refractivity contribution is -0.130. The topological polar surface area (TPSA) is 58.2 Å². The van der Waals surface area contributed by atoms with Crippen molar-refractivity contribution >= 4 is 45.0 Å². The summed E-state index contributed by atoms with van der Waals surface area (Å²) in [7, 11) is 0. The number of carbonyl (C=O) groups is 2. The second-order valence-corrected chi connectivity index (χ2v) is 9.26. The second kappa shape index (κ2) is 9.04. The van der Waals surface area contributed by atoms with Gasteiger partial charge in [0, 0.05) is 21.6 Å². The second-order valence-electron chi connectivity index (χ2n) is 7.91. The molecule has 3 aromatic carbocycles. The number of fused-ring (bicyclic) bond motifs is 2. The number of piperidine rings is 1. The molecule has 0 aromatic heterocycles. The fourth-order valence-electron chi connectivity index (χ4n) is 4.39. The van der Waals surface area contributed by atoms with E-state index in [2.05, 4.69) is 26.6 Å². The van der Waals surface area contributed by atoms with Gasteiger partial charge in [-0.1, -0.05) is 57.9 Å². The molecule has 1 fully saturated rings. The average Bonchev–Trinajstić information content (AvgIpc) is 3.03. The van der Waals surface area contributed by atoms with Crippen LogP contribution in [0.1, 0.15) is 35.6 Å². The van der Waals surface area contributed by atoms with Gasteiger partial charge in [-0.05, 0) is 66.4 Å². The third kappa shape index (κ3) is 4.17. The molecule has 1 spiro atoms. The number of amides is 2. The molecular weight excluding hydrogens is 495 g/mol. The monoisotopic (exact) mass is 514 g/mol. The van der Waals surface area contributed by atoms with Gasteiger partial charge >= 0.3 is 0 Å². The lowest BCUT2D eigenvalue weighted by Crippen LogP contribution is -2.52. The van der Waals surface area contributed by atoms with Gasteiger partial charge in [0.05, 0.1) is 6.04 Å². The van der Waals surface area contributed by atoms with Crippen LogP contribution in [0.4, 0.5) is 10.1 Å². The summed E-state index contributed by atoms with van der Waals surface area (Å²) >= 11 is 8.96. The fourth-order valence-corrected chi connectivity index (χ4v) is 4.90. The van der Waals surface area contributed by atoms with Gasteiger partial charge in [0.1, 0.15) is 11.2 Å². The quantitative estimate of drug-likeness (QED) is 0.413. The van der Waals surface area contributed by atoms with E-state index in [1.165, 1.54) is 12.1 Å². The maximum Gasteiger partial charge on any atom is 0.237 e. The number of aryl methyl sites for hydroxylation is 1. The fraction of sp³-hybridized carbons (Fsp3) is 0.200. The number of carbonyl (C=O) groups excluding carboxylic acids is 2. The van der Waals surface area contributed by atoms with Crippen molar-refractivity contribution in [3.8, 4) is 0 Å². The molecule has 2 aliphatic heterocycles. The molecule has 32 heavy (non-hydrogen) atoms. The molecule has 2 amide bonds. The van der Waals surface area contributed by atoms with Crippen molar-refractivity contribution in [1.29, 1.82) is 0 Å². The number of hydrogen-bond donors (Lipinski definition) is 2. The van der Waals surface area contributed by atoms with Gasteiger partial charge in [0.2, 0.25) is 11.8 Å². The number of halogens is 3. The third-order valence-electron chi connectivity index (χ3n) is 5.95. The van der Waals surface area contributed by atoms with Crippen molar-refractivity contribution in [3.05, 3.63) is 98.7 Å². The highest BCUT2D eigenvalue weighted by atomic mass is 79.9. The van der Waals surface area contributed by atoms with Crippen LogP contribution in [0.3, 0.4) is 0 Å². The molecule has 0 unspecified atom stereocenters. The zero-order valence-electron chi connectivity index (χ0n) is 17.3. The van der Waals surface area contributed by atoms with Crippen LogP contribution in [0.5, 0.6) is 0 Å². The predicted molar refractivity (Wildman–Crippen MR) is 127 cm³/mol. The van der Waals surface area contributed by atoms with Crippen LogP contribution in [0.25, 0.3) is 0 Å². The number of rotatable bonds is 1. The van der Waals surface area contributed by atoms with Crippen molar-refractivity contribution in [2.45, 2.75) is 31.2 Å². The summed E-state index contributed by atoms with van der Waals surface area (Å²) in [5.74, 6) is -0.670. The molecular formula is C25H21BrClFN2O2. The molecule has 1 saturated heterocycles. The minimum absolute atomic E-state index is 0.127. The minimum Gasteiger partial charge on any atom is -0.348 e. The Morgan fingerprint density at radius 2 is 1.81 bits per heavy atom. The molecule has 0 radical (unpaired) electrons. The summed E-state index contributed by atoms with van der Waals surface area (Å²) in [6, 6.07) is 18.9. The Morgan fingerprint density at radius 3 is 2.50 bits per heavy atom. The summed E-state index contributed by atoms with van der Waals surface area (Å²) < 4.78 is 14.8. The minimum atomic E-state index is -0.928. The Bertz CT molecular complexity index is 1190. The molecule has 4 nitrogen and oxygen atoms in total. The van der Waals surface area contributed by atoms with Crippen molar-refractivity contribution in [2.75, 3.05) is 5.32 Å². The summed E-state index contributed by atoms with van der Waals surface area (Å²) in [6.45, 7) is 1.86. The molecule has 3 aromatic rings. The van der Waals surface area contributed by atoms with E-state index in [9.17, 15) is 14.0 Å². The summed E-state index contributed by atoms with van der Waals surface area (Å²) in [6.07, 6.45) is 0.647. The van der Waals surface area contributed by atoms with Crippen LogP contribution >= 0.6 is 27.5 Å². The van der Waals surface area contributed by atoms with Gasteiger partial charge in [-0.3, -0.25) is 9.59 Å². The van der Waals surface area contributed by atoms with Crippen LogP contribution in [-0.4, -0.2) is 11.8 Å². The van der Waals surface area contributed by atoms with E-state index in [0.717, 1.165) is 26.3 Å². The first-order valence-electron chi connectivity index (χ1n) is 10.2. The van der Waals surface area contributed by atoms with Gasteiger partial charge in [0.15, 0.2) is 0 Å². The van der Waals surface area contributed by atoms with E-state index in [4.69, 9.17) is 11.6 Å². The van der Waals surface area contributed by atoms with Gasteiger partial charge < -0.3 is 10.6 Å². The van der Waals surface area contributed by atoms with E-state index < -0.39 is 11.5 Å². The molecule has 2 N–H and O–H groups in total. The normalized spacial score (nSPS) is 21.3. The Kier molecular flexibility index (Phi) is 6.35. The van der Waals surface area contributed by atoms with Gasteiger partial charge in [-0.15, -0.1) is 0 Å². The molecule has 2 aliphatic rings. The lowest BCUT2D eigenvalue weighted by Gasteiger charge is -2.41. The van der Waals surface area contributed by atoms with Crippen molar-refractivity contribution in [2.24, 2.45) is 0 Å². The van der Waals surface area contributed by atoms with E-state index in [-0.39, 0.29) is 24.1 Å². The Labute approximate surface area is 199 Å². The number of benzene rings is 3. The van der Waals surface area contributed by atoms with Gasteiger partial charge in [-0.2, -0.15) is 0 Å². The summed E-state index contributed by atoms with van der Waals surface area (Å²) in [4.78, 5) is 25.1. The van der Waals surface area contributed by atoms with Crippen LogP contribution < -0.4 is 10.6 Å². The summed E-state index contributed by atoms with van der Waals surface area (Å²) in [5.41, 5.74) is 2.12. The van der Waals surface area contributed by atoms with Gasteiger partial charge in [0.25, 0.3) is 0 Å². The zero-order chi connectivity index (χ0) is 22.9. The highest BCUT2D eigenvalue weighted by Gasteiger charge is 2.55. The molecule has 2 heterocycles. The predicted octanol–water partition coefficient (Wildman–Crippen LogP) is 6.08. The lowest BCUT2D eigenvalue weighted by atomic mass is 9.67. The number of anilines is 1. The first kappa shape index (κ1) is 22.5. The molecule has 7 heteroatoms. The van der Waals surface area contributed by atoms with Gasteiger partial charge in [-0.25, -0.2) is 4.39 Å². The Balaban J connectivity index is 0.000000300. The summed E-state index contributed by atoms with van der Waals surface area (Å²) in [5, 5.41) is 6.67. The van der Waals surface area contributed by atoms with E-state index in [0.29, 0.717) is 12.0 Å². The smallest absolute Gasteiger partial charge is 0.237 e. The highest BCUT2D eigenvalue weighted by Crippen LogP contribution is 2.51. The van der Waals surface area contributed by atoms with Crippen LogP contribution in [0, 0.1) is 12.7 Å². The molecule has 2 atom stereocenters. The third-order valence-corrected chi connectivity index (χ3v) is 6.69. The first-order chi connectivity index (χ1) is 15.3. The zero-order valence-corrected chi connectivity index (χ0v) is 19.6. The number of nitrogens with one attached hydrogen (secondary N) is 2. The maximum atomic E-state index is 13.9. The van der Waals surface area contributed by atoms with E-state index in [1.807, 2.05) is 55.5 Å². The van der Waals surface area contributed by atoms with Crippen LogP contribution in [-0.2, 0) is 15.0 Å².